The second-order valence-electron chi connectivity index (χ2n) is 11.0. The zero-order chi connectivity index (χ0) is 33.5. The summed E-state index contributed by atoms with van der Waals surface area (Å²) in [4.78, 5) is 0. The van der Waals surface area contributed by atoms with Gasteiger partial charge in [-0.2, -0.15) is 8.78 Å². The van der Waals surface area contributed by atoms with Crippen LogP contribution in [0.15, 0.2) is 103 Å². The minimum Gasteiger partial charge on any atom is -0.426 e. The number of halogens is 8. The zero-order valence-corrected chi connectivity index (χ0v) is 24.7. The SMILES string of the molecule is CCCc1ccc(-c2ccc(C(F)(F)Oc3ccc4cc(-c5ccc(-c6cc(F)c(F)c(F)c6)cc5)c(F)c(F)c4c3F)cc2)cc1. The molecule has 238 valence electrons. The summed E-state index contributed by atoms with van der Waals surface area (Å²) in [6, 6.07) is 23.1. The second kappa shape index (κ2) is 12.5. The van der Waals surface area contributed by atoms with Gasteiger partial charge in [-0.1, -0.05) is 80.1 Å². The van der Waals surface area contributed by atoms with Crippen molar-refractivity contribution in [3.05, 3.63) is 149 Å². The number of hydrogen-bond donors (Lipinski definition) is 0. The Morgan fingerprint density at radius 1 is 0.532 bits per heavy atom. The lowest BCUT2D eigenvalue weighted by molar-refractivity contribution is -0.186. The van der Waals surface area contributed by atoms with Crippen LogP contribution >= 0.6 is 0 Å². The topological polar surface area (TPSA) is 9.23 Å². The molecule has 6 rings (SSSR count). The fraction of sp³-hybridized carbons (Fsp3) is 0.105. The van der Waals surface area contributed by atoms with Crippen molar-refractivity contribution >= 4 is 10.8 Å². The highest BCUT2D eigenvalue weighted by Crippen LogP contribution is 2.39. The van der Waals surface area contributed by atoms with Crippen molar-refractivity contribution in [2.45, 2.75) is 25.9 Å². The predicted octanol–water partition coefficient (Wildman–Crippen LogP) is 11.8. The molecule has 0 aliphatic carbocycles. The average molecular weight is 649 g/mol. The van der Waals surface area contributed by atoms with Crippen molar-refractivity contribution < 1.29 is 39.9 Å². The number of ether oxygens (including phenoxy) is 1. The highest BCUT2D eigenvalue weighted by Gasteiger charge is 2.36. The summed E-state index contributed by atoms with van der Waals surface area (Å²) in [5, 5.41) is -1.01. The summed E-state index contributed by atoms with van der Waals surface area (Å²) in [7, 11) is 0. The molecule has 0 radical (unpaired) electrons. The third-order valence-electron chi connectivity index (χ3n) is 7.89. The van der Waals surface area contributed by atoms with Crippen molar-refractivity contribution in [3.63, 3.8) is 0 Å². The Balaban J connectivity index is 1.26. The summed E-state index contributed by atoms with van der Waals surface area (Å²) in [5.41, 5.74) is 2.22. The van der Waals surface area contributed by atoms with Gasteiger partial charge in [0.25, 0.3) is 0 Å². The average Bonchev–Trinajstić information content (AvgIpc) is 3.07. The first-order chi connectivity index (χ1) is 22.5. The fourth-order valence-corrected chi connectivity index (χ4v) is 5.42. The number of fused-ring (bicyclic) bond motifs is 1. The minimum absolute atomic E-state index is 0.0116. The van der Waals surface area contributed by atoms with Gasteiger partial charge in [0.15, 0.2) is 40.7 Å². The molecule has 47 heavy (non-hydrogen) atoms. The Labute approximate surface area is 264 Å². The van der Waals surface area contributed by atoms with Crippen LogP contribution in [0.4, 0.5) is 35.1 Å². The van der Waals surface area contributed by atoms with E-state index in [0.29, 0.717) is 5.56 Å². The van der Waals surface area contributed by atoms with E-state index in [1.54, 1.807) is 0 Å². The van der Waals surface area contributed by atoms with E-state index in [1.165, 1.54) is 36.4 Å². The quantitative estimate of drug-likeness (QED) is 0.118. The summed E-state index contributed by atoms with van der Waals surface area (Å²) in [6.45, 7) is 2.07. The number of hydrogen-bond acceptors (Lipinski definition) is 1. The Bertz CT molecular complexity index is 2070. The molecule has 6 aromatic carbocycles. The van der Waals surface area contributed by atoms with Gasteiger partial charge in [0.05, 0.1) is 10.9 Å². The fourth-order valence-electron chi connectivity index (χ4n) is 5.42. The molecule has 0 aliphatic rings. The first-order valence-electron chi connectivity index (χ1n) is 14.6. The molecule has 0 fully saturated rings. The number of benzene rings is 6. The van der Waals surface area contributed by atoms with Crippen molar-refractivity contribution in [2.75, 3.05) is 0 Å². The molecule has 0 saturated carbocycles. The maximum atomic E-state index is 15.4. The van der Waals surface area contributed by atoms with E-state index in [9.17, 15) is 13.2 Å². The van der Waals surface area contributed by atoms with Gasteiger partial charge in [0.2, 0.25) is 0 Å². The normalized spacial score (nSPS) is 11.7. The first kappa shape index (κ1) is 31.8. The van der Waals surface area contributed by atoms with Crippen LogP contribution in [0, 0.1) is 34.9 Å². The molecule has 0 atom stereocenters. The standard InChI is InChI=1S/C38H24F8O/c1-2-3-21-4-6-22(7-5-21)23-12-15-28(16-13-23)38(45,46)47-32-17-14-26-18-29(34(41)37(44)33(26)36(32)43)25-10-8-24(9-11-25)27-19-30(39)35(42)31(40)20-27/h4-20H,2-3H2,1H3. The van der Waals surface area contributed by atoms with E-state index in [4.69, 9.17) is 4.74 Å². The molecule has 0 amide bonds. The summed E-state index contributed by atoms with van der Waals surface area (Å²) < 4.78 is 122. The Hall–Kier alpha value is -5.18. The summed E-state index contributed by atoms with van der Waals surface area (Å²) >= 11 is 0. The maximum Gasteiger partial charge on any atom is 0.426 e. The van der Waals surface area contributed by atoms with E-state index >= 15 is 22.0 Å². The minimum atomic E-state index is -4.01. The van der Waals surface area contributed by atoms with Gasteiger partial charge in [-0.05, 0) is 81.6 Å². The lowest BCUT2D eigenvalue weighted by Gasteiger charge is -2.20. The van der Waals surface area contributed by atoms with Gasteiger partial charge in [-0.3, -0.25) is 0 Å². The van der Waals surface area contributed by atoms with Crippen LogP contribution in [0.2, 0.25) is 0 Å². The second-order valence-corrected chi connectivity index (χ2v) is 11.0. The van der Waals surface area contributed by atoms with Crippen LogP contribution in [0.1, 0.15) is 24.5 Å². The van der Waals surface area contributed by atoms with Crippen LogP contribution in [-0.2, 0) is 12.5 Å². The molecule has 0 bridgehead atoms. The molecule has 0 heterocycles. The van der Waals surface area contributed by atoms with E-state index in [0.717, 1.165) is 66.4 Å². The lowest BCUT2D eigenvalue weighted by atomic mass is 9.97. The largest absolute Gasteiger partial charge is 0.426 e. The van der Waals surface area contributed by atoms with E-state index < -0.39 is 57.7 Å². The van der Waals surface area contributed by atoms with E-state index in [2.05, 4.69) is 6.92 Å². The van der Waals surface area contributed by atoms with Gasteiger partial charge in [-0.25, -0.2) is 26.3 Å². The molecule has 1 nitrogen and oxygen atoms in total. The molecule has 0 unspecified atom stereocenters. The van der Waals surface area contributed by atoms with Crippen molar-refractivity contribution in [1.82, 2.24) is 0 Å². The zero-order valence-electron chi connectivity index (χ0n) is 24.7. The highest BCUT2D eigenvalue weighted by molar-refractivity contribution is 5.90. The number of alkyl halides is 2. The van der Waals surface area contributed by atoms with Crippen molar-refractivity contribution in [2.24, 2.45) is 0 Å². The molecule has 0 aliphatic heterocycles. The van der Waals surface area contributed by atoms with Gasteiger partial charge in [0, 0.05) is 5.56 Å². The third-order valence-corrected chi connectivity index (χ3v) is 7.89. The van der Waals surface area contributed by atoms with Crippen LogP contribution < -0.4 is 4.74 Å². The van der Waals surface area contributed by atoms with Crippen LogP contribution in [-0.4, -0.2) is 0 Å². The Morgan fingerprint density at radius 2 is 1.06 bits per heavy atom. The Morgan fingerprint density at radius 3 is 1.66 bits per heavy atom. The van der Waals surface area contributed by atoms with Gasteiger partial charge < -0.3 is 4.74 Å². The molecule has 6 aromatic rings. The highest BCUT2D eigenvalue weighted by atomic mass is 19.3. The summed E-state index contributed by atoms with van der Waals surface area (Å²) in [6.07, 6.45) is -2.09. The summed E-state index contributed by atoms with van der Waals surface area (Å²) in [5.74, 6) is -9.97. The molecule has 0 N–H and O–H groups in total. The lowest BCUT2D eigenvalue weighted by Crippen LogP contribution is -2.22. The molecular formula is C38H24F8O. The van der Waals surface area contributed by atoms with E-state index in [-0.39, 0.29) is 27.6 Å². The van der Waals surface area contributed by atoms with Crippen molar-refractivity contribution in [3.8, 4) is 39.1 Å². The molecule has 0 aromatic heterocycles. The van der Waals surface area contributed by atoms with E-state index in [1.807, 2.05) is 24.3 Å². The number of rotatable bonds is 8. The number of aryl methyl sites for hydroxylation is 1. The Kier molecular flexibility index (Phi) is 8.49. The molecule has 0 spiro atoms. The molecular weight excluding hydrogens is 624 g/mol. The monoisotopic (exact) mass is 648 g/mol. The molecule has 0 saturated heterocycles. The third kappa shape index (κ3) is 6.17. The van der Waals surface area contributed by atoms with Gasteiger partial charge in [0.1, 0.15) is 0 Å². The predicted molar refractivity (Wildman–Crippen MR) is 165 cm³/mol. The van der Waals surface area contributed by atoms with Gasteiger partial charge >= 0.3 is 6.11 Å². The maximum absolute atomic E-state index is 15.4. The van der Waals surface area contributed by atoms with Gasteiger partial charge in [-0.15, -0.1) is 0 Å². The van der Waals surface area contributed by atoms with Crippen LogP contribution in [0.5, 0.6) is 5.75 Å². The molecule has 9 heteroatoms. The smallest absolute Gasteiger partial charge is 0.426 e. The van der Waals surface area contributed by atoms with Crippen molar-refractivity contribution in [1.29, 1.82) is 0 Å². The first-order valence-corrected chi connectivity index (χ1v) is 14.6. The van der Waals surface area contributed by atoms with Crippen LogP contribution in [0.25, 0.3) is 44.2 Å². The van der Waals surface area contributed by atoms with Crippen LogP contribution in [0.3, 0.4) is 0 Å².